The van der Waals surface area contributed by atoms with E-state index in [-0.39, 0.29) is 0 Å². The van der Waals surface area contributed by atoms with Crippen molar-refractivity contribution in [2.24, 2.45) is 0 Å². The maximum Gasteiger partial charge on any atom is 0.155 e. The SMILES string of the molecule is OC1CCCc2nc(Cc3ccccc3Br)nn21. The minimum Gasteiger partial charge on any atom is -0.372 e. The van der Waals surface area contributed by atoms with Crippen LogP contribution in [0.4, 0.5) is 0 Å². The zero-order chi connectivity index (χ0) is 12.5. The van der Waals surface area contributed by atoms with Crippen molar-refractivity contribution >= 4 is 15.9 Å². The second-order valence-electron chi connectivity index (χ2n) is 4.53. The lowest BCUT2D eigenvalue weighted by atomic mass is 10.1. The Kier molecular flexibility index (Phi) is 3.18. The van der Waals surface area contributed by atoms with Gasteiger partial charge in [0.2, 0.25) is 0 Å². The third-order valence-corrected chi connectivity index (χ3v) is 3.97. The number of hydrogen-bond donors (Lipinski definition) is 1. The number of aryl methyl sites for hydroxylation is 1. The first-order valence-corrected chi connectivity index (χ1v) is 6.89. The number of aliphatic hydroxyl groups excluding tert-OH is 1. The zero-order valence-corrected chi connectivity index (χ0v) is 11.5. The molecule has 2 heterocycles. The molecule has 0 aliphatic carbocycles. The quantitative estimate of drug-likeness (QED) is 0.927. The summed E-state index contributed by atoms with van der Waals surface area (Å²) in [6.45, 7) is 0. The summed E-state index contributed by atoms with van der Waals surface area (Å²) in [5.41, 5.74) is 1.16. The molecular weight excluding hydrogens is 294 g/mol. The number of rotatable bonds is 2. The molecule has 18 heavy (non-hydrogen) atoms. The fraction of sp³-hybridized carbons (Fsp3) is 0.385. The van der Waals surface area contributed by atoms with Crippen LogP contribution >= 0.6 is 15.9 Å². The highest BCUT2D eigenvalue weighted by Gasteiger charge is 2.21. The van der Waals surface area contributed by atoms with Crippen LogP contribution in [-0.4, -0.2) is 19.9 Å². The van der Waals surface area contributed by atoms with Gasteiger partial charge < -0.3 is 5.11 Å². The molecule has 0 saturated carbocycles. The van der Waals surface area contributed by atoms with E-state index < -0.39 is 6.23 Å². The van der Waals surface area contributed by atoms with Crippen molar-refractivity contribution in [2.45, 2.75) is 31.9 Å². The molecule has 1 aromatic carbocycles. The maximum absolute atomic E-state index is 9.85. The van der Waals surface area contributed by atoms with Crippen LogP contribution < -0.4 is 0 Å². The molecule has 1 aliphatic rings. The van der Waals surface area contributed by atoms with E-state index in [2.05, 4.69) is 32.1 Å². The average Bonchev–Trinajstić information content (AvgIpc) is 2.76. The van der Waals surface area contributed by atoms with E-state index in [4.69, 9.17) is 0 Å². The minimum absolute atomic E-state index is 0.505. The van der Waals surface area contributed by atoms with E-state index in [0.29, 0.717) is 6.42 Å². The molecule has 2 aromatic rings. The highest BCUT2D eigenvalue weighted by Crippen LogP contribution is 2.23. The lowest BCUT2D eigenvalue weighted by Gasteiger charge is -2.17. The number of aromatic nitrogens is 3. The molecule has 5 heteroatoms. The van der Waals surface area contributed by atoms with Crippen LogP contribution in [0, 0.1) is 0 Å². The molecule has 3 rings (SSSR count). The van der Waals surface area contributed by atoms with Crippen molar-refractivity contribution in [3.8, 4) is 0 Å². The lowest BCUT2D eigenvalue weighted by molar-refractivity contribution is 0.0644. The van der Waals surface area contributed by atoms with Crippen molar-refractivity contribution in [3.05, 3.63) is 46.0 Å². The summed E-state index contributed by atoms with van der Waals surface area (Å²) in [6, 6.07) is 8.06. The highest BCUT2D eigenvalue weighted by atomic mass is 79.9. The Bertz CT molecular complexity index is 567. The van der Waals surface area contributed by atoms with Crippen LogP contribution in [0.1, 0.15) is 36.3 Å². The second-order valence-corrected chi connectivity index (χ2v) is 5.38. The van der Waals surface area contributed by atoms with E-state index in [1.165, 1.54) is 0 Å². The number of benzene rings is 1. The van der Waals surface area contributed by atoms with E-state index in [1.54, 1.807) is 4.68 Å². The van der Waals surface area contributed by atoms with Gasteiger partial charge in [0.15, 0.2) is 5.82 Å². The Hall–Kier alpha value is -1.20. The van der Waals surface area contributed by atoms with Crippen LogP contribution in [0.2, 0.25) is 0 Å². The molecule has 1 unspecified atom stereocenters. The predicted octanol–water partition coefficient (Wildman–Crippen LogP) is 2.46. The van der Waals surface area contributed by atoms with E-state index in [9.17, 15) is 5.11 Å². The fourth-order valence-electron chi connectivity index (χ4n) is 2.27. The van der Waals surface area contributed by atoms with Crippen molar-refractivity contribution < 1.29 is 5.11 Å². The summed E-state index contributed by atoms with van der Waals surface area (Å²) in [5, 5.41) is 14.2. The van der Waals surface area contributed by atoms with Crippen LogP contribution in [0.5, 0.6) is 0 Å². The molecule has 0 radical (unpaired) electrons. The van der Waals surface area contributed by atoms with Gasteiger partial charge in [0.05, 0.1) is 0 Å². The van der Waals surface area contributed by atoms with E-state index in [1.807, 2.05) is 18.2 Å². The van der Waals surface area contributed by atoms with Gasteiger partial charge >= 0.3 is 0 Å². The van der Waals surface area contributed by atoms with Gasteiger partial charge in [0.25, 0.3) is 0 Å². The molecule has 4 nitrogen and oxygen atoms in total. The molecule has 1 atom stereocenters. The van der Waals surface area contributed by atoms with E-state index >= 15 is 0 Å². The molecular formula is C13H14BrN3O. The Morgan fingerprint density at radius 1 is 1.39 bits per heavy atom. The topological polar surface area (TPSA) is 50.9 Å². The molecule has 0 bridgehead atoms. The third kappa shape index (κ3) is 2.20. The molecule has 94 valence electrons. The first kappa shape index (κ1) is 11.9. The average molecular weight is 308 g/mol. The molecule has 0 fully saturated rings. The van der Waals surface area contributed by atoms with Gasteiger partial charge in [-0.05, 0) is 24.5 Å². The normalized spacial score (nSPS) is 18.7. The summed E-state index contributed by atoms with van der Waals surface area (Å²) in [6.07, 6.45) is 2.84. The van der Waals surface area contributed by atoms with Crippen LogP contribution in [0.3, 0.4) is 0 Å². The maximum atomic E-state index is 9.85. The summed E-state index contributed by atoms with van der Waals surface area (Å²) in [4.78, 5) is 4.51. The molecule has 1 N–H and O–H groups in total. The van der Waals surface area contributed by atoms with Crippen molar-refractivity contribution in [1.82, 2.24) is 14.8 Å². The highest BCUT2D eigenvalue weighted by molar-refractivity contribution is 9.10. The minimum atomic E-state index is -0.505. The number of aliphatic hydroxyl groups is 1. The van der Waals surface area contributed by atoms with Gasteiger partial charge in [-0.2, -0.15) is 5.10 Å². The first-order valence-electron chi connectivity index (χ1n) is 6.10. The standard InChI is InChI=1S/C13H14BrN3O/c14-10-5-2-1-4-9(10)8-11-15-12-6-3-7-13(18)17(12)16-11/h1-2,4-5,13,18H,3,6-8H2. The van der Waals surface area contributed by atoms with E-state index in [0.717, 1.165) is 40.9 Å². The Balaban J connectivity index is 1.88. The number of halogens is 1. The molecule has 1 aromatic heterocycles. The second kappa shape index (κ2) is 4.82. The first-order chi connectivity index (χ1) is 8.74. The summed E-state index contributed by atoms with van der Waals surface area (Å²) >= 11 is 3.53. The summed E-state index contributed by atoms with van der Waals surface area (Å²) in [5.74, 6) is 1.67. The fourth-order valence-corrected chi connectivity index (χ4v) is 2.69. The number of hydrogen-bond acceptors (Lipinski definition) is 3. The largest absolute Gasteiger partial charge is 0.372 e. The summed E-state index contributed by atoms with van der Waals surface area (Å²) < 4.78 is 2.73. The lowest BCUT2D eigenvalue weighted by Crippen LogP contribution is -2.18. The van der Waals surface area contributed by atoms with Crippen molar-refractivity contribution in [1.29, 1.82) is 0 Å². The third-order valence-electron chi connectivity index (χ3n) is 3.20. The Labute approximate surface area is 114 Å². The van der Waals surface area contributed by atoms with Gasteiger partial charge in [-0.25, -0.2) is 9.67 Å². The van der Waals surface area contributed by atoms with Crippen molar-refractivity contribution in [3.63, 3.8) is 0 Å². The zero-order valence-electron chi connectivity index (χ0n) is 9.88. The molecule has 0 saturated heterocycles. The number of nitrogens with zero attached hydrogens (tertiary/aromatic N) is 3. The van der Waals surface area contributed by atoms with Gasteiger partial charge in [-0.1, -0.05) is 34.1 Å². The molecule has 0 amide bonds. The van der Waals surface area contributed by atoms with Crippen LogP contribution in [-0.2, 0) is 12.8 Å². The summed E-state index contributed by atoms with van der Waals surface area (Å²) in [7, 11) is 0. The van der Waals surface area contributed by atoms with Gasteiger partial charge in [0, 0.05) is 17.3 Å². The van der Waals surface area contributed by atoms with Crippen LogP contribution in [0.15, 0.2) is 28.7 Å². The monoisotopic (exact) mass is 307 g/mol. The Morgan fingerprint density at radius 3 is 3.00 bits per heavy atom. The van der Waals surface area contributed by atoms with Gasteiger partial charge in [-0.3, -0.25) is 0 Å². The Morgan fingerprint density at radius 2 is 2.22 bits per heavy atom. The molecule has 0 spiro atoms. The van der Waals surface area contributed by atoms with Crippen LogP contribution in [0.25, 0.3) is 0 Å². The number of fused-ring (bicyclic) bond motifs is 1. The molecule has 1 aliphatic heterocycles. The predicted molar refractivity (Wildman–Crippen MR) is 71.2 cm³/mol. The van der Waals surface area contributed by atoms with Gasteiger partial charge in [0.1, 0.15) is 12.1 Å². The van der Waals surface area contributed by atoms with Crippen molar-refractivity contribution in [2.75, 3.05) is 0 Å². The van der Waals surface area contributed by atoms with Gasteiger partial charge in [-0.15, -0.1) is 0 Å². The smallest absolute Gasteiger partial charge is 0.155 e.